The van der Waals surface area contributed by atoms with E-state index in [0.29, 0.717) is 5.75 Å². The number of benzene rings is 1. The van der Waals surface area contributed by atoms with E-state index in [4.69, 9.17) is 16.7 Å². The van der Waals surface area contributed by atoms with Gasteiger partial charge in [0, 0.05) is 0 Å². The minimum absolute atomic E-state index is 0.0226. The third-order valence-corrected chi connectivity index (χ3v) is 3.14. The molecule has 0 amide bonds. The summed E-state index contributed by atoms with van der Waals surface area (Å²) >= 11 is 7.61. The van der Waals surface area contributed by atoms with Gasteiger partial charge in [0.1, 0.15) is 10.5 Å². The number of aryl methyl sites for hydroxylation is 1. The van der Waals surface area contributed by atoms with Gasteiger partial charge in [-0.15, -0.1) is 23.4 Å². The average molecular weight is 203 g/mol. The fourth-order valence-corrected chi connectivity index (χ4v) is 1.80. The second-order valence-corrected chi connectivity index (χ2v) is 4.23. The van der Waals surface area contributed by atoms with Crippen LogP contribution in [0, 0.1) is 6.92 Å². The maximum atomic E-state index is 9.14. The first-order valence-electron chi connectivity index (χ1n) is 3.61. The molecule has 0 aromatic heterocycles. The molecule has 0 aliphatic heterocycles. The van der Waals surface area contributed by atoms with Crippen LogP contribution >= 0.6 is 23.4 Å². The van der Waals surface area contributed by atoms with Gasteiger partial charge >= 0.3 is 0 Å². The van der Waals surface area contributed by atoms with Crippen molar-refractivity contribution < 1.29 is 5.11 Å². The monoisotopic (exact) mass is 202 g/mol. The molecular formula is C9H11ClOS. The van der Waals surface area contributed by atoms with Crippen LogP contribution < -0.4 is 0 Å². The van der Waals surface area contributed by atoms with Gasteiger partial charge in [-0.1, -0.05) is 6.07 Å². The Bertz CT molecular complexity index is 275. The summed E-state index contributed by atoms with van der Waals surface area (Å²) in [7, 11) is 0. The molecule has 1 atom stereocenters. The number of halogens is 1. The Kier molecular flexibility index (Phi) is 3.29. The highest BCUT2D eigenvalue weighted by Crippen LogP contribution is 2.33. The molecule has 0 saturated carbocycles. The average Bonchev–Trinajstić information content (AvgIpc) is 2.03. The van der Waals surface area contributed by atoms with Crippen LogP contribution in [0.5, 0.6) is 5.75 Å². The van der Waals surface area contributed by atoms with Crippen LogP contribution in [0.3, 0.4) is 0 Å². The molecule has 1 nitrogen and oxygen atoms in total. The fraction of sp³-hybridized carbons (Fsp3) is 0.333. The van der Waals surface area contributed by atoms with Gasteiger partial charge in [0.05, 0.1) is 0 Å². The quantitative estimate of drug-likeness (QED) is 0.743. The van der Waals surface area contributed by atoms with Gasteiger partial charge in [-0.25, -0.2) is 0 Å². The second kappa shape index (κ2) is 4.06. The molecule has 66 valence electrons. The first-order valence-corrected chi connectivity index (χ1v) is 5.34. The van der Waals surface area contributed by atoms with Crippen molar-refractivity contribution in [2.45, 2.75) is 11.6 Å². The molecule has 1 unspecified atom stereocenters. The van der Waals surface area contributed by atoms with E-state index in [1.54, 1.807) is 23.9 Å². The first-order chi connectivity index (χ1) is 5.65. The normalized spacial score (nSPS) is 12.9. The lowest BCUT2D eigenvalue weighted by Crippen LogP contribution is -1.88. The first kappa shape index (κ1) is 9.75. The molecule has 0 fully saturated rings. The van der Waals surface area contributed by atoms with Crippen LogP contribution in [-0.4, -0.2) is 11.4 Å². The zero-order chi connectivity index (χ0) is 9.14. The van der Waals surface area contributed by atoms with Gasteiger partial charge in [-0.2, -0.15) is 0 Å². The molecule has 1 N–H and O–H groups in total. The highest BCUT2D eigenvalue weighted by Gasteiger charge is 2.08. The van der Waals surface area contributed by atoms with E-state index in [1.807, 2.05) is 19.2 Å². The van der Waals surface area contributed by atoms with Crippen molar-refractivity contribution in [3.63, 3.8) is 0 Å². The topological polar surface area (TPSA) is 20.2 Å². The summed E-state index contributed by atoms with van der Waals surface area (Å²) in [6.45, 7) is 1.95. The van der Waals surface area contributed by atoms with E-state index in [1.165, 1.54) is 0 Å². The molecule has 0 aliphatic rings. The number of aromatic hydroxyl groups is 1. The molecule has 0 bridgehead atoms. The van der Waals surface area contributed by atoms with E-state index in [0.717, 1.165) is 11.1 Å². The highest BCUT2D eigenvalue weighted by atomic mass is 35.5. The Hall–Kier alpha value is -0.340. The molecule has 1 aromatic carbocycles. The number of phenols is 1. The third-order valence-electron chi connectivity index (χ3n) is 1.70. The highest BCUT2D eigenvalue weighted by molar-refractivity contribution is 7.99. The summed E-state index contributed by atoms with van der Waals surface area (Å²) in [4.78, 5) is 0. The standard InChI is InChI=1S/C9H11ClOS/c1-6-5-7(11)3-4-8(6)9(10)12-2/h3-5,9,11H,1-2H3. The van der Waals surface area contributed by atoms with Gasteiger partial charge < -0.3 is 5.11 Å². The lowest BCUT2D eigenvalue weighted by molar-refractivity contribution is 0.474. The number of thioether (sulfide) groups is 1. The fourth-order valence-electron chi connectivity index (χ4n) is 1.04. The summed E-state index contributed by atoms with van der Waals surface area (Å²) in [6, 6.07) is 5.24. The Morgan fingerprint density at radius 3 is 2.67 bits per heavy atom. The predicted octanol–water partition coefficient (Wildman–Crippen LogP) is 3.30. The molecule has 0 radical (unpaired) electrons. The Labute approximate surface area is 81.7 Å². The molecule has 12 heavy (non-hydrogen) atoms. The Morgan fingerprint density at radius 1 is 1.50 bits per heavy atom. The molecule has 3 heteroatoms. The molecule has 0 heterocycles. The molecular weight excluding hydrogens is 192 g/mol. The maximum Gasteiger partial charge on any atom is 0.115 e. The van der Waals surface area contributed by atoms with Crippen molar-refractivity contribution in [2.75, 3.05) is 6.26 Å². The molecule has 0 aliphatic carbocycles. The van der Waals surface area contributed by atoms with Crippen molar-refractivity contribution >= 4 is 23.4 Å². The number of rotatable bonds is 2. The van der Waals surface area contributed by atoms with Crippen LogP contribution in [0.1, 0.15) is 15.8 Å². The van der Waals surface area contributed by atoms with Crippen LogP contribution in [-0.2, 0) is 0 Å². The van der Waals surface area contributed by atoms with E-state index < -0.39 is 0 Å². The van der Waals surface area contributed by atoms with Gasteiger partial charge in [-0.3, -0.25) is 0 Å². The summed E-state index contributed by atoms with van der Waals surface area (Å²) in [6.07, 6.45) is 1.96. The van der Waals surface area contributed by atoms with Crippen molar-refractivity contribution in [2.24, 2.45) is 0 Å². The van der Waals surface area contributed by atoms with Crippen LogP contribution in [0.4, 0.5) is 0 Å². The van der Waals surface area contributed by atoms with Crippen LogP contribution in [0.15, 0.2) is 18.2 Å². The maximum absolute atomic E-state index is 9.14. The SMILES string of the molecule is CSC(Cl)c1ccc(O)cc1C. The summed E-state index contributed by atoms with van der Waals surface area (Å²) in [5, 5.41) is 9.14. The van der Waals surface area contributed by atoms with Gasteiger partial charge in [0.2, 0.25) is 0 Å². The van der Waals surface area contributed by atoms with E-state index in [2.05, 4.69) is 0 Å². The molecule has 1 rings (SSSR count). The van der Waals surface area contributed by atoms with Gasteiger partial charge in [-0.05, 0) is 36.4 Å². The van der Waals surface area contributed by atoms with Crippen molar-refractivity contribution in [1.29, 1.82) is 0 Å². The number of phenolic OH excluding ortho intramolecular Hbond substituents is 1. The zero-order valence-electron chi connectivity index (χ0n) is 7.04. The van der Waals surface area contributed by atoms with E-state index in [-0.39, 0.29) is 4.71 Å². The smallest absolute Gasteiger partial charge is 0.115 e. The third kappa shape index (κ3) is 2.08. The van der Waals surface area contributed by atoms with Crippen molar-refractivity contribution in [3.05, 3.63) is 29.3 Å². The Balaban J connectivity index is 3.01. The van der Waals surface area contributed by atoms with Gasteiger partial charge in [0.25, 0.3) is 0 Å². The van der Waals surface area contributed by atoms with Crippen LogP contribution in [0.25, 0.3) is 0 Å². The molecule has 1 aromatic rings. The second-order valence-electron chi connectivity index (χ2n) is 2.59. The lowest BCUT2D eigenvalue weighted by Gasteiger charge is -2.09. The minimum Gasteiger partial charge on any atom is -0.508 e. The lowest BCUT2D eigenvalue weighted by atomic mass is 10.1. The number of alkyl halides is 1. The molecule has 0 saturated heterocycles. The van der Waals surface area contributed by atoms with Crippen LogP contribution in [0.2, 0.25) is 0 Å². The number of hydrogen-bond donors (Lipinski definition) is 1. The largest absolute Gasteiger partial charge is 0.508 e. The predicted molar refractivity (Wildman–Crippen MR) is 55.0 cm³/mol. The van der Waals surface area contributed by atoms with Gasteiger partial charge in [0.15, 0.2) is 0 Å². The molecule has 0 spiro atoms. The minimum atomic E-state index is -0.0226. The Morgan fingerprint density at radius 2 is 2.17 bits per heavy atom. The van der Waals surface area contributed by atoms with E-state index in [9.17, 15) is 0 Å². The summed E-state index contributed by atoms with van der Waals surface area (Å²) in [5.74, 6) is 0.293. The number of hydrogen-bond acceptors (Lipinski definition) is 2. The zero-order valence-corrected chi connectivity index (χ0v) is 8.62. The summed E-state index contributed by atoms with van der Waals surface area (Å²) < 4.78 is -0.0226. The summed E-state index contributed by atoms with van der Waals surface area (Å²) in [5.41, 5.74) is 2.10. The van der Waals surface area contributed by atoms with E-state index >= 15 is 0 Å². The van der Waals surface area contributed by atoms with Crippen molar-refractivity contribution in [3.8, 4) is 5.75 Å². The van der Waals surface area contributed by atoms with Crippen molar-refractivity contribution in [1.82, 2.24) is 0 Å².